The zero-order valence-electron chi connectivity index (χ0n) is 38.5. The third-order valence-corrected chi connectivity index (χ3v) is 15.8. The van der Waals surface area contributed by atoms with Crippen LogP contribution in [-0.4, -0.2) is 155 Å². The van der Waals surface area contributed by atoms with Crippen LogP contribution in [0.25, 0.3) is 10.8 Å². The Kier molecular flexibility index (Phi) is 9.64. The van der Waals surface area contributed by atoms with Gasteiger partial charge >= 0.3 is 18.1 Å². The second-order valence-electron chi connectivity index (χ2n) is 19.5. The largest absolute Gasteiger partial charge is 0.509 e. The van der Waals surface area contributed by atoms with Crippen molar-refractivity contribution in [3.63, 3.8) is 0 Å². The second-order valence-corrected chi connectivity index (χ2v) is 19.5. The van der Waals surface area contributed by atoms with Gasteiger partial charge in [0.05, 0.1) is 42.8 Å². The molecule has 7 aliphatic heterocycles. The summed E-state index contributed by atoms with van der Waals surface area (Å²) in [5.74, 6) is -6.33. The van der Waals surface area contributed by atoms with Gasteiger partial charge < -0.3 is 81.6 Å². The topological polar surface area (TPSA) is 265 Å². The third kappa shape index (κ3) is 5.54. The van der Waals surface area contributed by atoms with Gasteiger partial charge in [0.25, 0.3) is 5.79 Å². The molecule has 2 aromatic rings. The molecule has 2 aliphatic carbocycles. The predicted octanol–water partition coefficient (Wildman–Crippen LogP) is 2.92. The molecule has 0 radical (unpaired) electrons. The first-order valence-corrected chi connectivity index (χ1v) is 22.5. The summed E-state index contributed by atoms with van der Waals surface area (Å²) < 4.78 is 87.8. The van der Waals surface area contributed by atoms with E-state index in [1.165, 1.54) is 35.0 Å². The molecule has 12 unspecified atom stereocenters. The molecule has 0 aromatic heterocycles. The summed E-state index contributed by atoms with van der Waals surface area (Å²) in [5, 5.41) is 35.8. The number of cyclic esters (lactones) is 1. The van der Waals surface area contributed by atoms with Crippen LogP contribution in [0.3, 0.4) is 0 Å². The number of carbonyl (C=O) groups is 4. The van der Waals surface area contributed by atoms with E-state index in [-0.39, 0.29) is 53.9 Å². The van der Waals surface area contributed by atoms with Crippen LogP contribution in [0.2, 0.25) is 0 Å². The van der Waals surface area contributed by atoms with E-state index in [4.69, 9.17) is 66.3 Å². The van der Waals surface area contributed by atoms with Crippen LogP contribution in [0.4, 0.5) is 4.79 Å². The molecule has 3 N–H and O–H groups in total. The minimum atomic E-state index is -1.91. The Bertz CT molecular complexity index is 2520. The molecule has 7 heterocycles. The lowest BCUT2D eigenvalue weighted by atomic mass is 9.77. The van der Waals surface area contributed by atoms with Crippen molar-refractivity contribution in [1.82, 2.24) is 0 Å². The van der Waals surface area contributed by atoms with Crippen molar-refractivity contribution in [1.29, 1.82) is 0 Å². The third-order valence-electron chi connectivity index (χ3n) is 15.8. The van der Waals surface area contributed by atoms with Gasteiger partial charge in [-0.15, -0.1) is 0 Å². The van der Waals surface area contributed by atoms with Crippen molar-refractivity contribution >= 4 is 34.6 Å². The number of aliphatic hydroxyl groups excluding tert-OH is 1. The zero-order chi connectivity index (χ0) is 47.9. The smallest absolute Gasteiger partial charge is 0.506 e. The highest BCUT2D eigenvalue weighted by Gasteiger charge is 3.07. The number of Topliss-reactive ketones (excluding diaryl/α,β-unsaturated/α-hetero) is 1. The first-order chi connectivity index (χ1) is 31.6. The number of epoxide rings is 2. The van der Waals surface area contributed by atoms with Crippen molar-refractivity contribution in [3.05, 3.63) is 28.3 Å². The number of aliphatic hydroxyl groups is 2. The van der Waals surface area contributed by atoms with Crippen LogP contribution < -0.4 is 9.47 Å². The van der Waals surface area contributed by atoms with Gasteiger partial charge in [-0.2, -0.15) is 0 Å². The first-order valence-electron chi connectivity index (χ1n) is 22.5. The molecule has 67 heavy (non-hydrogen) atoms. The van der Waals surface area contributed by atoms with E-state index in [0.29, 0.717) is 16.5 Å². The lowest BCUT2D eigenvalue weighted by Crippen LogP contribution is -2.69. The molecule has 21 heteroatoms. The Morgan fingerprint density at radius 1 is 0.970 bits per heavy atom. The Morgan fingerprint density at radius 3 is 2.30 bits per heavy atom. The fourth-order valence-corrected chi connectivity index (χ4v) is 13.0. The molecule has 364 valence electrons. The minimum absolute atomic E-state index is 0.0443. The van der Waals surface area contributed by atoms with Crippen LogP contribution in [0.15, 0.2) is 6.07 Å². The lowest BCUT2D eigenvalue weighted by Gasteiger charge is -2.50. The van der Waals surface area contributed by atoms with E-state index >= 15 is 0 Å². The number of esters is 2. The molecule has 11 rings (SSSR count). The molecule has 7 fully saturated rings. The number of fused-ring (bicyclic) bond motifs is 5. The van der Waals surface area contributed by atoms with E-state index in [0.717, 1.165) is 0 Å². The monoisotopic (exact) mass is 942 g/mol. The number of phenols is 1. The number of hydrogen-bond donors (Lipinski definition) is 3. The summed E-state index contributed by atoms with van der Waals surface area (Å²) in [4.78, 5) is 51.2. The second kappa shape index (κ2) is 14.3. The van der Waals surface area contributed by atoms with Crippen molar-refractivity contribution in [2.45, 2.75) is 182 Å². The van der Waals surface area contributed by atoms with Gasteiger partial charge in [0.1, 0.15) is 53.4 Å². The summed E-state index contributed by atoms with van der Waals surface area (Å²) in [5.41, 5.74) is -4.70. The average molecular weight is 943 g/mol. The number of carbonyl (C=O) groups excluding carboxylic acids is 4. The van der Waals surface area contributed by atoms with Gasteiger partial charge in [0, 0.05) is 56.7 Å². The number of ketones is 1. The van der Waals surface area contributed by atoms with E-state index < -0.39 is 137 Å². The highest BCUT2D eigenvalue weighted by molar-refractivity contribution is 6.13. The number of rotatable bonds is 9. The molecule has 1 saturated carbocycles. The fraction of sp³-hybridized carbons (Fsp3) is 0.696. The van der Waals surface area contributed by atoms with Crippen molar-refractivity contribution in [2.24, 2.45) is 0 Å². The number of ether oxygens (including phenoxy) is 14. The highest BCUT2D eigenvalue weighted by atomic mass is 16.9. The number of aryl methyl sites for hydroxylation is 1. The molecule has 4 bridgehead atoms. The van der Waals surface area contributed by atoms with Crippen LogP contribution in [0.1, 0.15) is 107 Å². The van der Waals surface area contributed by atoms with Crippen molar-refractivity contribution in [2.75, 3.05) is 20.8 Å². The normalized spacial score (nSPS) is 45.4. The molecule has 18 atom stereocenters. The maximum atomic E-state index is 14.2. The van der Waals surface area contributed by atoms with Gasteiger partial charge in [0.2, 0.25) is 11.4 Å². The van der Waals surface area contributed by atoms with Crippen LogP contribution in [0.5, 0.6) is 17.2 Å². The molecule has 0 amide bonds. The van der Waals surface area contributed by atoms with Crippen LogP contribution in [-0.2, 0) is 66.4 Å². The van der Waals surface area contributed by atoms with E-state index in [1.54, 1.807) is 26.8 Å². The SMILES string of the molecule is COc1c2c(c(O)c3c4c(c(C)cc13)C1C3OC5([C@H](C)OC)OC15[C@]1(CO1)[C@]3(OC1CC(OC(C)=O)C3(OC(=O)O[C@H]3C)C(C)O1)O4)C(=O)[C@@H](O)C[C@@H]2OC1CC(C)(O)C(OC(C)=O)C(C)O1. The molecule has 2 aromatic carbocycles. The summed E-state index contributed by atoms with van der Waals surface area (Å²) >= 11 is 0. The van der Waals surface area contributed by atoms with Crippen molar-refractivity contribution < 1.29 is 101 Å². The highest BCUT2D eigenvalue weighted by Crippen LogP contribution is 2.85. The number of hydrogen-bond acceptors (Lipinski definition) is 21. The summed E-state index contributed by atoms with van der Waals surface area (Å²) in [6.07, 6.45) is -13.0. The predicted molar refractivity (Wildman–Crippen MR) is 219 cm³/mol. The van der Waals surface area contributed by atoms with Gasteiger partial charge in [0.15, 0.2) is 41.8 Å². The van der Waals surface area contributed by atoms with Gasteiger partial charge in [-0.3, -0.25) is 14.4 Å². The Morgan fingerprint density at radius 2 is 1.69 bits per heavy atom. The van der Waals surface area contributed by atoms with Gasteiger partial charge in [-0.25, -0.2) is 4.79 Å². The average Bonchev–Trinajstić information content (AvgIpc) is 4.13. The first kappa shape index (κ1) is 45.0. The van der Waals surface area contributed by atoms with Gasteiger partial charge in [-0.05, 0) is 53.2 Å². The van der Waals surface area contributed by atoms with E-state index in [9.17, 15) is 34.5 Å². The maximum absolute atomic E-state index is 14.2. The molecule has 3 spiro atoms. The minimum Gasteiger partial charge on any atom is -0.506 e. The Labute approximate surface area is 383 Å². The number of phenolic OH excluding ortho intramolecular Hbond substituents is 1. The van der Waals surface area contributed by atoms with E-state index in [2.05, 4.69) is 0 Å². The fourth-order valence-electron chi connectivity index (χ4n) is 13.0. The molecule has 9 aliphatic rings. The quantitative estimate of drug-likeness (QED) is 0.185. The number of aromatic hydroxyl groups is 1. The molecule has 6 saturated heterocycles. The van der Waals surface area contributed by atoms with Gasteiger partial charge in [-0.1, -0.05) is 0 Å². The Balaban J connectivity index is 1.04. The Hall–Kier alpha value is -4.42. The van der Waals surface area contributed by atoms with Crippen LogP contribution in [0, 0.1) is 6.92 Å². The number of methoxy groups -OCH3 is 2. The zero-order valence-corrected chi connectivity index (χ0v) is 38.5. The standard InChI is InChI=1S/C46H54O21/c1-16-11-23-30(35(51)32-31(36(23)55-10)25(12-24(49)34(32)50)62-28-14-41(8,53)38(17(2)57-28)61-22(7)48)37-29(16)33-39-46(64-37,42(15-56-42)44(33)45(65-39,67-44)20(5)54-9)63-27-13-26(60-21(6)47)43(18(3)58-27)19(4)59-40(52)66-43/h11,17-20,24-28,33,38-39,49,51,53H,12-15H2,1-10H3/t17?,18?,19-,20-,24-,25-,26?,27?,28?,33?,38?,39?,41?,42+,43?,44?,45?,46+/m0/s1. The molecular weight excluding hydrogens is 888 g/mol. The summed E-state index contributed by atoms with van der Waals surface area (Å²) in [7, 11) is 2.93. The summed E-state index contributed by atoms with van der Waals surface area (Å²) in [6, 6.07) is 1.80. The maximum Gasteiger partial charge on any atom is 0.509 e. The molecule has 21 nitrogen and oxygen atoms in total. The molecular formula is C46H54O21. The number of benzene rings is 2. The van der Waals surface area contributed by atoms with Crippen LogP contribution >= 0.6 is 0 Å². The summed E-state index contributed by atoms with van der Waals surface area (Å²) in [6.45, 7) is 12.6. The van der Waals surface area contributed by atoms with E-state index in [1.807, 2.05) is 13.8 Å². The lowest BCUT2D eigenvalue weighted by molar-refractivity contribution is -0.377. The van der Waals surface area contributed by atoms with Crippen molar-refractivity contribution in [3.8, 4) is 17.2 Å².